The van der Waals surface area contributed by atoms with Gasteiger partial charge in [-0.3, -0.25) is 52.7 Å². The molecule has 32 heteroatoms. The minimum atomic E-state index is -2.12. The van der Waals surface area contributed by atoms with E-state index in [0.717, 1.165) is 30.6 Å². The SMILES string of the molecule is CC1NC(=O)C(NC(=O)C(NC(=O)C(CO)NC(=O)CC(N)C(=O)O)C(C)O)C(C)OC(=O)C2C(O)CCN2C(=O)/C(=C/c2c[nH]c3ccccc23)NC(=O)C(C(C)c2c[nH]c3ccccc23)NC(=O)C(C(O)C(C)C)NC(=O)C2C(O)CCN2C(=O)CNC1=O. The fourth-order valence-corrected chi connectivity index (χ4v) is 10.9. The lowest BCUT2D eigenvalue weighted by Gasteiger charge is -2.32. The van der Waals surface area contributed by atoms with Crippen LogP contribution in [0.2, 0.25) is 0 Å². The molecule has 3 aliphatic rings. The van der Waals surface area contributed by atoms with Gasteiger partial charge in [0.1, 0.15) is 60.1 Å². The molecule has 0 bridgehead atoms. The Bertz CT molecular complexity index is 3460. The Morgan fingerprint density at radius 2 is 1.34 bits per heavy atom. The number of rotatable bonds is 15. The standard InChI is InChI=1S/C59H77N13O19/c1-25(2)49(79)46-55(85)67-43(26(3)33-22-62-36-14-10-8-12-32(33)36)52(82)66-37(19-30-21-61-35-13-9-7-11-31(30)35)57(87)72-18-16-40(76)48(72)59(90)91-29(6)45(54(84)64-27(4)50(80)63-23-42(78)71-17-15-39(75)47(71)56(86)70-46)69-53(83)44(28(5)74)68-51(81)38(24-73)65-41(77)20-34(60)58(88)89/h7-14,19,21-22,25-29,34,38-40,43-49,61-62,73-76,79H,15-18,20,23-24,60H2,1-6H3,(H,63,80)(H,64,84)(H,65,77)(H,66,82)(H,67,85)(H,68,81)(H,69,83)(H,70,86)(H,88,89)/b37-19-. The Balaban J connectivity index is 1.30. The topological polar surface area (TPSA) is 496 Å². The summed E-state index contributed by atoms with van der Waals surface area (Å²) in [5.74, 6) is -16.2. The second kappa shape index (κ2) is 30.0. The molecule has 15 unspecified atom stereocenters. The molecule has 2 aromatic carbocycles. The summed E-state index contributed by atoms with van der Waals surface area (Å²) < 4.78 is 5.78. The number of carbonyl (C=O) groups is 12. The lowest BCUT2D eigenvalue weighted by Crippen LogP contribution is -2.63. The average molecular weight is 1270 g/mol. The number of aromatic amines is 2. The van der Waals surface area contributed by atoms with Gasteiger partial charge in [0.15, 0.2) is 6.04 Å². The van der Waals surface area contributed by atoms with Crippen LogP contribution in [0.3, 0.4) is 0 Å². The number of carboxylic acids is 1. The number of ether oxygens (including phenoxy) is 1. The van der Waals surface area contributed by atoms with Gasteiger partial charge in [0, 0.05) is 58.8 Å². The molecule has 0 aliphatic carbocycles. The molecular formula is C59H77N13O19. The fourth-order valence-electron chi connectivity index (χ4n) is 10.9. The van der Waals surface area contributed by atoms with Crippen molar-refractivity contribution in [2.75, 3.05) is 26.2 Å². The minimum absolute atomic E-state index is 0.166. The van der Waals surface area contributed by atoms with E-state index in [2.05, 4.69) is 52.5 Å². The smallest absolute Gasteiger partial charge is 0.331 e. The molecule has 32 nitrogen and oxygen atoms in total. The zero-order chi connectivity index (χ0) is 66.9. The van der Waals surface area contributed by atoms with Crippen LogP contribution in [-0.4, -0.2) is 233 Å². The number of benzene rings is 2. The highest BCUT2D eigenvalue weighted by Crippen LogP contribution is 2.30. The number of aromatic nitrogens is 2. The average Bonchev–Trinajstić information content (AvgIpc) is 1.82. The molecule has 15 atom stereocenters. The van der Waals surface area contributed by atoms with Gasteiger partial charge >= 0.3 is 11.9 Å². The highest BCUT2D eigenvalue weighted by Gasteiger charge is 2.48. The summed E-state index contributed by atoms with van der Waals surface area (Å²) in [6.45, 7) is 5.28. The number of aliphatic hydroxyl groups is 5. The van der Waals surface area contributed by atoms with Crippen LogP contribution < -0.4 is 48.3 Å². The lowest BCUT2D eigenvalue weighted by molar-refractivity contribution is -0.162. The molecular weight excluding hydrogens is 1190 g/mol. The van der Waals surface area contributed by atoms with Gasteiger partial charge in [0.05, 0.1) is 44.0 Å². The van der Waals surface area contributed by atoms with Gasteiger partial charge in [0.25, 0.3) is 5.91 Å². The number of aliphatic carboxylic acids is 1. The number of aliphatic hydroxyl groups excluding tert-OH is 5. The largest absolute Gasteiger partial charge is 0.480 e. The maximum atomic E-state index is 15.4. The first kappa shape index (κ1) is 69.1. The van der Waals surface area contributed by atoms with Crippen molar-refractivity contribution in [3.8, 4) is 0 Å². The van der Waals surface area contributed by atoms with E-state index in [0.29, 0.717) is 32.9 Å². The first-order chi connectivity index (χ1) is 43.0. The predicted molar refractivity (Wildman–Crippen MR) is 319 cm³/mol. The molecule has 0 saturated carbocycles. The lowest BCUT2D eigenvalue weighted by atomic mass is 9.91. The number of cyclic esters (lactones) is 1. The van der Waals surface area contributed by atoms with E-state index >= 15 is 9.59 Å². The molecule has 0 radical (unpaired) electrons. The summed E-state index contributed by atoms with van der Waals surface area (Å²) in [7, 11) is 0. The van der Waals surface area contributed by atoms with Gasteiger partial charge in [-0.05, 0) is 63.3 Å². The van der Waals surface area contributed by atoms with Crippen molar-refractivity contribution in [2.45, 2.75) is 152 Å². The van der Waals surface area contributed by atoms with Crippen LogP contribution in [0.4, 0.5) is 0 Å². The zero-order valence-electron chi connectivity index (χ0n) is 50.5. The number of fused-ring (bicyclic) bond motifs is 4. The Morgan fingerprint density at radius 1 is 0.736 bits per heavy atom. The Kier molecular flexibility index (Phi) is 22.8. The van der Waals surface area contributed by atoms with Crippen molar-refractivity contribution in [1.82, 2.24) is 62.3 Å². The van der Waals surface area contributed by atoms with Crippen molar-refractivity contribution in [1.29, 1.82) is 0 Å². The second-order valence-electron chi connectivity index (χ2n) is 23.1. The summed E-state index contributed by atoms with van der Waals surface area (Å²) in [6, 6.07) is -2.74. The van der Waals surface area contributed by atoms with Gasteiger partial charge < -0.3 is 103 Å². The van der Waals surface area contributed by atoms with Crippen molar-refractivity contribution >= 4 is 98.9 Å². The summed E-state index contributed by atoms with van der Waals surface area (Å²) in [5.41, 5.74) is 6.91. The summed E-state index contributed by atoms with van der Waals surface area (Å²) in [6.07, 6.45) is -5.55. The molecule has 492 valence electrons. The van der Waals surface area contributed by atoms with Gasteiger partial charge in [-0.2, -0.15) is 0 Å². The van der Waals surface area contributed by atoms with E-state index < -0.39 is 193 Å². The van der Waals surface area contributed by atoms with Crippen LogP contribution in [0.1, 0.15) is 77.8 Å². The van der Waals surface area contributed by atoms with E-state index in [1.807, 2.05) is 0 Å². The fraction of sp³-hybridized carbons (Fsp3) is 0.492. The van der Waals surface area contributed by atoms with E-state index in [4.69, 9.17) is 15.6 Å². The first-order valence-corrected chi connectivity index (χ1v) is 29.4. The Morgan fingerprint density at radius 3 is 1.98 bits per heavy atom. The van der Waals surface area contributed by atoms with Crippen molar-refractivity contribution in [2.24, 2.45) is 11.7 Å². The van der Waals surface area contributed by atoms with E-state index in [-0.39, 0.29) is 25.9 Å². The number of hydrogen-bond acceptors (Lipinski definition) is 19. The third-order valence-electron chi connectivity index (χ3n) is 16.2. The number of carbonyl (C=O) groups excluding carboxylic acids is 11. The number of para-hydroxylation sites is 2. The molecule has 3 saturated heterocycles. The Labute approximate surface area is 519 Å². The van der Waals surface area contributed by atoms with Crippen LogP contribution in [0.25, 0.3) is 27.9 Å². The molecule has 7 rings (SSSR count). The van der Waals surface area contributed by atoms with Crippen molar-refractivity contribution in [3.63, 3.8) is 0 Å². The second-order valence-corrected chi connectivity index (χ2v) is 23.1. The van der Waals surface area contributed by atoms with E-state index in [1.54, 1.807) is 61.7 Å². The van der Waals surface area contributed by atoms with Crippen molar-refractivity contribution in [3.05, 3.63) is 77.7 Å². The maximum absolute atomic E-state index is 15.4. The number of amides is 10. The molecule has 91 heavy (non-hydrogen) atoms. The summed E-state index contributed by atoms with van der Waals surface area (Å²) in [5, 5.41) is 84.4. The predicted octanol–water partition coefficient (Wildman–Crippen LogP) is -4.98. The minimum Gasteiger partial charge on any atom is -0.480 e. The highest BCUT2D eigenvalue weighted by molar-refractivity contribution is 6.07. The quantitative estimate of drug-likeness (QED) is 0.0391. The third kappa shape index (κ3) is 16.2. The van der Waals surface area contributed by atoms with Crippen LogP contribution in [0, 0.1) is 5.92 Å². The highest BCUT2D eigenvalue weighted by atomic mass is 16.5. The van der Waals surface area contributed by atoms with Crippen molar-refractivity contribution < 1.29 is 92.9 Å². The van der Waals surface area contributed by atoms with Crippen LogP contribution in [-0.2, 0) is 62.3 Å². The summed E-state index contributed by atoms with van der Waals surface area (Å²) in [4.78, 5) is 176. The number of nitrogens with zero attached hydrogens (tertiary/aromatic N) is 2. The molecule has 4 aromatic rings. The third-order valence-corrected chi connectivity index (χ3v) is 16.2. The molecule has 3 aliphatic heterocycles. The molecule has 0 spiro atoms. The number of esters is 1. The number of carboxylic acid groups (broad SMARTS) is 1. The number of nitrogens with two attached hydrogens (primary N) is 1. The van der Waals surface area contributed by atoms with E-state index in [9.17, 15) is 73.5 Å². The van der Waals surface area contributed by atoms with Crippen LogP contribution in [0.15, 0.2) is 66.6 Å². The molecule has 3 fully saturated rings. The number of H-pyrrole nitrogens is 2. The molecule has 5 heterocycles. The zero-order valence-corrected chi connectivity index (χ0v) is 50.5. The number of hydrogen-bond donors (Lipinski definition) is 17. The van der Waals surface area contributed by atoms with Gasteiger partial charge in [-0.1, -0.05) is 57.2 Å². The van der Waals surface area contributed by atoms with E-state index in [1.165, 1.54) is 26.1 Å². The van der Waals surface area contributed by atoms with Gasteiger partial charge in [-0.25, -0.2) is 4.79 Å². The molecule has 18 N–H and O–H groups in total. The molecule has 2 aromatic heterocycles. The number of nitrogens with one attached hydrogen (secondary N) is 10. The summed E-state index contributed by atoms with van der Waals surface area (Å²) >= 11 is 0. The van der Waals surface area contributed by atoms with Gasteiger partial charge in [0.2, 0.25) is 53.2 Å². The first-order valence-electron chi connectivity index (χ1n) is 29.4. The van der Waals surface area contributed by atoms with Crippen LogP contribution in [0.5, 0.6) is 0 Å². The molecule has 10 amide bonds. The van der Waals surface area contributed by atoms with Gasteiger partial charge in [-0.15, -0.1) is 0 Å². The van der Waals surface area contributed by atoms with Crippen LogP contribution >= 0.6 is 0 Å². The maximum Gasteiger partial charge on any atom is 0.331 e. The Hall–Kier alpha value is -9.34. The monoisotopic (exact) mass is 1270 g/mol. The normalized spacial score (nSPS) is 26.1.